The topological polar surface area (TPSA) is 3.24 Å². The van der Waals surface area contributed by atoms with Crippen molar-refractivity contribution in [1.29, 1.82) is 0 Å². The van der Waals surface area contributed by atoms with E-state index in [0.717, 1.165) is 0 Å². The molecule has 0 unspecified atom stereocenters. The molecule has 0 fully saturated rings. The third kappa shape index (κ3) is 2.84. The van der Waals surface area contributed by atoms with Gasteiger partial charge >= 0.3 is 93.5 Å². The molecular weight excluding hydrogens is 237 g/mol. The Morgan fingerprint density at radius 2 is 1.93 bits per heavy atom. The molecule has 0 aliphatic rings. The average molecular weight is 256 g/mol. The molecule has 0 amide bonds. The Hall–Kier alpha value is -0.301. The molecule has 1 aromatic rings. The van der Waals surface area contributed by atoms with Gasteiger partial charge in [0.25, 0.3) is 0 Å². The molecular formula is C12H19NSe. The Balaban J connectivity index is 2.94. The Morgan fingerprint density at radius 1 is 1.29 bits per heavy atom. The van der Waals surface area contributed by atoms with Crippen molar-refractivity contribution in [3.63, 3.8) is 0 Å². The molecule has 0 N–H and O–H groups in total. The second-order valence-electron chi connectivity index (χ2n) is 3.61. The minimum atomic E-state index is 0.527. The van der Waals surface area contributed by atoms with Crippen molar-refractivity contribution in [3.8, 4) is 0 Å². The van der Waals surface area contributed by atoms with Gasteiger partial charge in [-0.15, -0.1) is 0 Å². The van der Waals surface area contributed by atoms with E-state index in [0.29, 0.717) is 21.0 Å². The van der Waals surface area contributed by atoms with Crippen LogP contribution in [0.3, 0.4) is 0 Å². The fourth-order valence-corrected chi connectivity index (χ4v) is 3.26. The molecule has 1 atom stereocenters. The summed E-state index contributed by atoms with van der Waals surface area (Å²) in [5.41, 5.74) is 1.50. The Bertz CT molecular complexity index is 283. The summed E-state index contributed by atoms with van der Waals surface area (Å²) >= 11 is 0.640. The van der Waals surface area contributed by atoms with Crippen molar-refractivity contribution in [2.45, 2.75) is 25.2 Å². The van der Waals surface area contributed by atoms with Crippen LogP contribution in [0.5, 0.6) is 0 Å². The van der Waals surface area contributed by atoms with E-state index in [9.17, 15) is 0 Å². The zero-order valence-electron chi connectivity index (χ0n) is 9.45. The van der Waals surface area contributed by atoms with Gasteiger partial charge in [-0.2, -0.15) is 0 Å². The number of nitrogens with zero attached hydrogens (tertiary/aromatic N) is 1. The molecule has 14 heavy (non-hydrogen) atoms. The molecule has 0 bridgehead atoms. The summed E-state index contributed by atoms with van der Waals surface area (Å²) in [6.45, 7) is 4.53. The summed E-state index contributed by atoms with van der Waals surface area (Å²) in [6, 6.07) is 9.36. The molecule has 1 aromatic carbocycles. The van der Waals surface area contributed by atoms with Gasteiger partial charge in [0.1, 0.15) is 0 Å². The zero-order valence-corrected chi connectivity index (χ0v) is 11.2. The van der Waals surface area contributed by atoms with E-state index in [-0.39, 0.29) is 0 Å². The van der Waals surface area contributed by atoms with Crippen LogP contribution in [0.4, 0.5) is 0 Å². The summed E-state index contributed by atoms with van der Waals surface area (Å²) in [4.78, 5) is 2.27. The molecule has 0 radical (unpaired) electrons. The van der Waals surface area contributed by atoms with Gasteiger partial charge < -0.3 is 0 Å². The molecule has 2 heteroatoms. The maximum absolute atomic E-state index is 2.28. The van der Waals surface area contributed by atoms with Gasteiger partial charge in [0.2, 0.25) is 0 Å². The van der Waals surface area contributed by atoms with Crippen LogP contribution in [-0.2, 0) is 0 Å². The van der Waals surface area contributed by atoms with Crippen molar-refractivity contribution in [2.75, 3.05) is 14.1 Å². The number of rotatable bonds is 4. The normalized spacial score (nSPS) is 13.2. The summed E-state index contributed by atoms with van der Waals surface area (Å²) in [7, 11) is 4.28. The average Bonchev–Trinajstić information content (AvgIpc) is 2.18. The van der Waals surface area contributed by atoms with E-state index in [1.54, 1.807) is 4.46 Å². The third-order valence-electron chi connectivity index (χ3n) is 2.44. The van der Waals surface area contributed by atoms with Crippen molar-refractivity contribution in [1.82, 2.24) is 4.90 Å². The summed E-state index contributed by atoms with van der Waals surface area (Å²) in [5.74, 6) is 0. The predicted octanol–water partition coefficient (Wildman–Crippen LogP) is 2.08. The maximum atomic E-state index is 2.28. The minimum absolute atomic E-state index is 0.527. The van der Waals surface area contributed by atoms with Gasteiger partial charge in [0, 0.05) is 0 Å². The molecule has 0 aromatic heterocycles. The summed E-state index contributed by atoms with van der Waals surface area (Å²) in [5, 5.41) is 1.28. The molecule has 0 saturated carbocycles. The first kappa shape index (κ1) is 11.8. The second-order valence-corrected chi connectivity index (χ2v) is 6.35. The van der Waals surface area contributed by atoms with E-state index in [1.165, 1.54) is 10.9 Å². The monoisotopic (exact) mass is 257 g/mol. The molecule has 1 nitrogen and oxygen atoms in total. The van der Waals surface area contributed by atoms with E-state index < -0.39 is 0 Å². The van der Waals surface area contributed by atoms with Crippen molar-refractivity contribution in [3.05, 3.63) is 29.8 Å². The van der Waals surface area contributed by atoms with Crippen LogP contribution in [0.1, 0.15) is 25.5 Å². The van der Waals surface area contributed by atoms with Crippen molar-refractivity contribution < 1.29 is 0 Å². The standard InChI is InChI=1S/C12H19NSe/c1-5-14-12-9-7-6-8-11(12)10(2)13(3)4/h6-10H,5H2,1-4H3/t10-/m1/s1. The van der Waals surface area contributed by atoms with Crippen LogP contribution < -0.4 is 4.46 Å². The quantitative estimate of drug-likeness (QED) is 0.745. The zero-order chi connectivity index (χ0) is 10.6. The fourth-order valence-electron chi connectivity index (χ4n) is 1.39. The first-order valence-electron chi connectivity index (χ1n) is 5.05. The van der Waals surface area contributed by atoms with E-state index in [2.05, 4.69) is 57.1 Å². The Labute approximate surface area is 93.7 Å². The number of benzene rings is 1. The molecule has 0 aliphatic heterocycles. The molecule has 0 heterocycles. The molecule has 0 aliphatic carbocycles. The molecule has 0 spiro atoms. The molecule has 78 valence electrons. The Kier molecular flexibility index (Phi) is 4.67. The van der Waals surface area contributed by atoms with Gasteiger partial charge in [-0.05, 0) is 0 Å². The van der Waals surface area contributed by atoms with Crippen LogP contribution in [0.25, 0.3) is 0 Å². The van der Waals surface area contributed by atoms with Crippen molar-refractivity contribution in [2.24, 2.45) is 0 Å². The Morgan fingerprint density at radius 3 is 2.50 bits per heavy atom. The molecule has 1 rings (SSSR count). The third-order valence-corrected chi connectivity index (χ3v) is 4.48. The van der Waals surface area contributed by atoms with Crippen LogP contribution in [0, 0.1) is 0 Å². The van der Waals surface area contributed by atoms with Crippen molar-refractivity contribution >= 4 is 19.4 Å². The van der Waals surface area contributed by atoms with Gasteiger partial charge in [-0.3, -0.25) is 0 Å². The van der Waals surface area contributed by atoms with Crippen LogP contribution in [-0.4, -0.2) is 34.0 Å². The van der Waals surface area contributed by atoms with E-state index in [1.807, 2.05) is 0 Å². The van der Waals surface area contributed by atoms with Gasteiger partial charge in [-0.25, -0.2) is 0 Å². The molecule has 0 saturated heterocycles. The van der Waals surface area contributed by atoms with Gasteiger partial charge in [-0.1, -0.05) is 0 Å². The number of hydrogen-bond acceptors (Lipinski definition) is 1. The summed E-state index contributed by atoms with van der Waals surface area (Å²) < 4.78 is 1.56. The van der Waals surface area contributed by atoms with Crippen LogP contribution in [0.2, 0.25) is 5.32 Å². The van der Waals surface area contributed by atoms with Crippen LogP contribution >= 0.6 is 0 Å². The van der Waals surface area contributed by atoms with Gasteiger partial charge in [0.15, 0.2) is 0 Å². The SMILES string of the molecule is CC[Se]c1ccccc1[C@@H](C)N(C)C. The second kappa shape index (κ2) is 5.55. The first-order valence-corrected chi connectivity index (χ1v) is 7.11. The summed E-state index contributed by atoms with van der Waals surface area (Å²) in [6.07, 6.45) is 0. The predicted molar refractivity (Wildman–Crippen MR) is 64.4 cm³/mol. The van der Waals surface area contributed by atoms with Crippen LogP contribution in [0.15, 0.2) is 24.3 Å². The van der Waals surface area contributed by atoms with E-state index in [4.69, 9.17) is 0 Å². The number of hydrogen-bond donors (Lipinski definition) is 0. The van der Waals surface area contributed by atoms with E-state index >= 15 is 0 Å². The van der Waals surface area contributed by atoms with Gasteiger partial charge in [0.05, 0.1) is 0 Å². The first-order chi connectivity index (χ1) is 6.66. The fraction of sp³-hybridized carbons (Fsp3) is 0.500.